The number of amides is 2. The van der Waals surface area contributed by atoms with E-state index in [4.69, 9.17) is 0 Å². The molecule has 2 N–H and O–H groups in total. The number of rotatable bonds is 3. The molecule has 0 spiro atoms. The Kier molecular flexibility index (Phi) is 4.04. The van der Waals surface area contributed by atoms with Crippen molar-refractivity contribution < 1.29 is 9.59 Å². The minimum Gasteiger partial charge on any atom is -0.353 e. The van der Waals surface area contributed by atoms with Gasteiger partial charge in [0.15, 0.2) is 0 Å². The summed E-state index contributed by atoms with van der Waals surface area (Å²) in [4.78, 5) is 24.7. The first-order valence-corrected chi connectivity index (χ1v) is 6.60. The van der Waals surface area contributed by atoms with Crippen LogP contribution in [0.25, 0.3) is 0 Å². The highest BCUT2D eigenvalue weighted by Crippen LogP contribution is 2.37. The smallest absolute Gasteiger partial charge is 0.262 e. The molecule has 0 unspecified atom stereocenters. The monoisotopic (exact) mass is 262 g/mol. The van der Waals surface area contributed by atoms with Crippen LogP contribution in [0.3, 0.4) is 0 Å². The van der Waals surface area contributed by atoms with Crippen molar-refractivity contribution in [2.75, 3.05) is 11.9 Å². The van der Waals surface area contributed by atoms with E-state index in [1.165, 1.54) is 17.8 Å². The quantitative estimate of drug-likeness (QED) is 0.821. The van der Waals surface area contributed by atoms with E-state index >= 15 is 0 Å². The van der Waals surface area contributed by atoms with E-state index in [2.05, 4.69) is 10.6 Å². The lowest BCUT2D eigenvalue weighted by molar-refractivity contribution is -0.117. The van der Waals surface area contributed by atoms with Gasteiger partial charge in [0, 0.05) is 17.5 Å². The number of hydrogen-bond donors (Lipinski definition) is 2. The fourth-order valence-corrected chi connectivity index (χ4v) is 2.44. The van der Waals surface area contributed by atoms with Gasteiger partial charge in [-0.3, -0.25) is 9.59 Å². The molecular weight excluding hydrogens is 248 g/mol. The molecule has 1 aliphatic heterocycles. The lowest BCUT2D eigenvalue weighted by Crippen LogP contribution is -2.24. The third-order valence-electron chi connectivity index (χ3n) is 2.39. The molecule has 0 bridgehead atoms. The van der Waals surface area contributed by atoms with Gasteiger partial charge in [0.25, 0.3) is 5.91 Å². The van der Waals surface area contributed by atoms with Crippen LogP contribution in [0.15, 0.2) is 40.1 Å². The Morgan fingerprint density at radius 1 is 1.44 bits per heavy atom. The SMILES string of the molecule is CCCNC(=O)/C=C1/Sc2ccccc2NC1=O. The molecule has 0 atom stereocenters. The first kappa shape index (κ1) is 12.7. The molecule has 1 aliphatic rings. The maximum absolute atomic E-state index is 11.8. The number of anilines is 1. The summed E-state index contributed by atoms with van der Waals surface area (Å²) in [5.74, 6) is -0.459. The molecule has 4 nitrogen and oxygen atoms in total. The van der Waals surface area contributed by atoms with Gasteiger partial charge in [-0.25, -0.2) is 0 Å². The van der Waals surface area contributed by atoms with E-state index in [0.29, 0.717) is 11.4 Å². The fourth-order valence-electron chi connectivity index (χ4n) is 1.52. The van der Waals surface area contributed by atoms with Gasteiger partial charge in [-0.15, -0.1) is 0 Å². The number of hydrogen-bond acceptors (Lipinski definition) is 3. The zero-order valence-corrected chi connectivity index (χ0v) is 10.8. The van der Waals surface area contributed by atoms with Crippen molar-refractivity contribution in [2.24, 2.45) is 0 Å². The molecule has 1 heterocycles. The maximum atomic E-state index is 11.8. The lowest BCUT2D eigenvalue weighted by Gasteiger charge is -2.17. The van der Waals surface area contributed by atoms with Crippen LogP contribution in [-0.2, 0) is 9.59 Å². The Bertz CT molecular complexity index is 511. The van der Waals surface area contributed by atoms with Crippen molar-refractivity contribution in [1.82, 2.24) is 5.32 Å². The van der Waals surface area contributed by atoms with Crippen LogP contribution >= 0.6 is 11.8 Å². The van der Waals surface area contributed by atoms with Crippen molar-refractivity contribution in [1.29, 1.82) is 0 Å². The number of carbonyl (C=O) groups is 2. The van der Waals surface area contributed by atoms with E-state index in [-0.39, 0.29) is 11.8 Å². The second kappa shape index (κ2) is 5.73. The molecule has 0 radical (unpaired) electrons. The van der Waals surface area contributed by atoms with Gasteiger partial charge < -0.3 is 10.6 Å². The zero-order valence-electron chi connectivity index (χ0n) is 10.0. The number of carbonyl (C=O) groups excluding carboxylic acids is 2. The van der Waals surface area contributed by atoms with Crippen LogP contribution in [0.5, 0.6) is 0 Å². The normalized spacial score (nSPS) is 16.1. The molecule has 94 valence electrons. The highest BCUT2D eigenvalue weighted by molar-refractivity contribution is 8.04. The summed E-state index contributed by atoms with van der Waals surface area (Å²) >= 11 is 1.32. The largest absolute Gasteiger partial charge is 0.353 e. The average molecular weight is 262 g/mol. The molecule has 18 heavy (non-hydrogen) atoms. The number of thioether (sulfide) groups is 1. The van der Waals surface area contributed by atoms with Gasteiger partial charge in [-0.2, -0.15) is 0 Å². The van der Waals surface area contributed by atoms with Gasteiger partial charge >= 0.3 is 0 Å². The summed E-state index contributed by atoms with van der Waals surface area (Å²) in [7, 11) is 0. The molecule has 0 saturated carbocycles. The van der Waals surface area contributed by atoms with Gasteiger partial charge in [0.2, 0.25) is 5.91 Å². The van der Waals surface area contributed by atoms with Crippen molar-refractivity contribution in [3.05, 3.63) is 35.2 Å². The maximum Gasteiger partial charge on any atom is 0.262 e. The first-order valence-electron chi connectivity index (χ1n) is 5.78. The summed E-state index contributed by atoms with van der Waals surface area (Å²) in [6.07, 6.45) is 2.22. The number of nitrogens with one attached hydrogen (secondary N) is 2. The highest BCUT2D eigenvalue weighted by atomic mass is 32.2. The predicted octanol–water partition coefficient (Wildman–Crippen LogP) is 2.14. The molecule has 5 heteroatoms. The number of benzene rings is 1. The summed E-state index contributed by atoms with van der Waals surface area (Å²) < 4.78 is 0. The molecule has 0 fully saturated rings. The molecule has 2 rings (SSSR count). The minimum absolute atomic E-state index is 0.228. The van der Waals surface area contributed by atoms with E-state index in [0.717, 1.165) is 17.0 Å². The van der Waals surface area contributed by atoms with Crippen LogP contribution < -0.4 is 10.6 Å². The van der Waals surface area contributed by atoms with Crippen molar-refractivity contribution in [2.45, 2.75) is 18.2 Å². The molecule has 1 aromatic rings. The van der Waals surface area contributed by atoms with Gasteiger partial charge in [-0.1, -0.05) is 30.8 Å². The molecule has 0 aromatic heterocycles. The molecular formula is C13H14N2O2S. The zero-order chi connectivity index (χ0) is 13.0. The average Bonchev–Trinajstić information content (AvgIpc) is 2.37. The van der Waals surface area contributed by atoms with Crippen molar-refractivity contribution in [3.63, 3.8) is 0 Å². The summed E-state index contributed by atoms with van der Waals surface area (Å²) in [5, 5.41) is 5.48. The minimum atomic E-state index is -0.231. The van der Waals surface area contributed by atoms with E-state index < -0.39 is 0 Å². The van der Waals surface area contributed by atoms with Crippen LogP contribution in [-0.4, -0.2) is 18.4 Å². The van der Waals surface area contributed by atoms with Gasteiger partial charge in [-0.05, 0) is 18.6 Å². The van der Waals surface area contributed by atoms with Crippen molar-refractivity contribution in [3.8, 4) is 0 Å². The molecule has 0 saturated heterocycles. The van der Waals surface area contributed by atoms with E-state index in [9.17, 15) is 9.59 Å². The van der Waals surface area contributed by atoms with E-state index in [1.54, 1.807) is 0 Å². The van der Waals surface area contributed by atoms with E-state index in [1.807, 2.05) is 31.2 Å². The molecule has 2 amide bonds. The van der Waals surface area contributed by atoms with Crippen molar-refractivity contribution >= 4 is 29.3 Å². The van der Waals surface area contributed by atoms with Gasteiger partial charge in [0.1, 0.15) is 0 Å². The Morgan fingerprint density at radius 3 is 3.00 bits per heavy atom. The highest BCUT2D eigenvalue weighted by Gasteiger charge is 2.21. The number of para-hydroxylation sites is 1. The summed E-state index contributed by atoms with van der Waals surface area (Å²) in [6, 6.07) is 7.52. The third kappa shape index (κ3) is 2.92. The topological polar surface area (TPSA) is 58.2 Å². The summed E-state index contributed by atoms with van der Waals surface area (Å²) in [6.45, 7) is 2.59. The standard InChI is InChI=1S/C13H14N2O2S/c1-2-7-14-12(16)8-11-13(17)15-9-5-3-4-6-10(9)18-11/h3-6,8H,2,7H2,1H3,(H,14,16)(H,15,17)/b11-8+. The fraction of sp³-hybridized carbons (Fsp3) is 0.231. The number of fused-ring (bicyclic) bond motifs is 1. The lowest BCUT2D eigenvalue weighted by atomic mass is 10.3. The molecule has 0 aliphatic carbocycles. The summed E-state index contributed by atoms with van der Waals surface area (Å²) in [5.41, 5.74) is 0.790. The second-order valence-electron chi connectivity index (χ2n) is 3.85. The Balaban J connectivity index is 2.14. The van der Waals surface area contributed by atoms with Crippen LogP contribution in [0.1, 0.15) is 13.3 Å². The first-order chi connectivity index (χ1) is 8.70. The second-order valence-corrected chi connectivity index (χ2v) is 4.94. The Hall–Kier alpha value is -1.75. The van der Waals surface area contributed by atoms with Crippen LogP contribution in [0, 0.1) is 0 Å². The molecule has 1 aromatic carbocycles. The van der Waals surface area contributed by atoms with Crippen LogP contribution in [0.2, 0.25) is 0 Å². The third-order valence-corrected chi connectivity index (χ3v) is 3.49. The Morgan fingerprint density at radius 2 is 2.22 bits per heavy atom. The van der Waals surface area contributed by atoms with Gasteiger partial charge in [0.05, 0.1) is 10.6 Å². The predicted molar refractivity (Wildman–Crippen MR) is 72.3 cm³/mol. The van der Waals surface area contributed by atoms with Crippen LogP contribution in [0.4, 0.5) is 5.69 Å². The Labute approximate surface area is 110 Å².